The Morgan fingerprint density at radius 1 is 1.00 bits per heavy atom. The first-order valence-corrected chi connectivity index (χ1v) is 12.0. The van der Waals surface area contributed by atoms with Gasteiger partial charge in [-0.2, -0.15) is 4.31 Å². The summed E-state index contributed by atoms with van der Waals surface area (Å²) in [5.41, 5.74) is 1.66. The summed E-state index contributed by atoms with van der Waals surface area (Å²) in [6.07, 6.45) is 3.81. The van der Waals surface area contributed by atoms with E-state index in [0.717, 1.165) is 31.2 Å². The summed E-state index contributed by atoms with van der Waals surface area (Å²) in [6, 6.07) is 13.9. The van der Waals surface area contributed by atoms with E-state index in [9.17, 15) is 13.2 Å². The maximum Gasteiger partial charge on any atom is 0.265 e. The van der Waals surface area contributed by atoms with Crippen molar-refractivity contribution in [2.24, 2.45) is 0 Å². The van der Waals surface area contributed by atoms with E-state index in [1.165, 1.54) is 0 Å². The highest BCUT2D eigenvalue weighted by Gasteiger charge is 2.25. The number of amides is 1. The van der Waals surface area contributed by atoms with Crippen LogP contribution in [0.4, 0.5) is 5.69 Å². The zero-order valence-electron chi connectivity index (χ0n) is 17.6. The van der Waals surface area contributed by atoms with E-state index in [1.807, 2.05) is 38.1 Å². The summed E-state index contributed by atoms with van der Waals surface area (Å²) in [7, 11) is -3.50. The molecule has 2 aromatic rings. The van der Waals surface area contributed by atoms with Gasteiger partial charge in [0.15, 0.2) is 6.10 Å². The summed E-state index contributed by atoms with van der Waals surface area (Å²) < 4.78 is 33.1. The second-order valence-electron chi connectivity index (χ2n) is 7.66. The second-order valence-corrected chi connectivity index (χ2v) is 9.60. The van der Waals surface area contributed by atoms with Crippen LogP contribution in [0.5, 0.6) is 5.75 Å². The van der Waals surface area contributed by atoms with E-state index in [2.05, 4.69) is 5.32 Å². The fourth-order valence-corrected chi connectivity index (χ4v) is 4.98. The van der Waals surface area contributed by atoms with Gasteiger partial charge in [0.2, 0.25) is 10.0 Å². The molecule has 1 saturated heterocycles. The number of carbonyl (C=O) groups is 1. The topological polar surface area (TPSA) is 75.7 Å². The average molecular weight is 431 g/mol. The Kier molecular flexibility index (Phi) is 7.50. The van der Waals surface area contributed by atoms with Crippen molar-refractivity contribution in [1.82, 2.24) is 4.31 Å². The van der Waals surface area contributed by atoms with Gasteiger partial charge in [-0.1, -0.05) is 37.5 Å². The van der Waals surface area contributed by atoms with Gasteiger partial charge in [0.25, 0.3) is 5.91 Å². The molecule has 1 unspecified atom stereocenters. The zero-order chi connectivity index (χ0) is 21.6. The minimum absolute atomic E-state index is 0.255. The minimum Gasteiger partial charge on any atom is -0.481 e. The maximum absolute atomic E-state index is 12.9. The summed E-state index contributed by atoms with van der Waals surface area (Å²) in [5, 5.41) is 2.82. The number of aryl methyl sites for hydroxylation is 1. The number of carbonyl (C=O) groups excluding carboxylic acids is 1. The summed E-state index contributed by atoms with van der Waals surface area (Å²) in [6.45, 7) is 5.00. The third-order valence-corrected chi connectivity index (χ3v) is 7.20. The summed E-state index contributed by atoms with van der Waals surface area (Å²) in [4.78, 5) is 12.9. The molecular weight excluding hydrogens is 400 g/mol. The Balaban J connectivity index is 1.65. The third-order valence-electron chi connectivity index (χ3n) is 5.29. The largest absolute Gasteiger partial charge is 0.481 e. The quantitative estimate of drug-likeness (QED) is 0.708. The number of hydrogen-bond acceptors (Lipinski definition) is 4. The number of benzene rings is 2. The number of hydrogen-bond donors (Lipinski definition) is 1. The molecule has 30 heavy (non-hydrogen) atoms. The highest BCUT2D eigenvalue weighted by atomic mass is 32.2. The molecule has 1 N–H and O–H groups in total. The number of nitrogens with one attached hydrogen (secondary N) is 1. The van der Waals surface area contributed by atoms with E-state index in [0.29, 0.717) is 30.9 Å². The number of sulfonamides is 1. The maximum atomic E-state index is 12.9. The fraction of sp³-hybridized carbons (Fsp3) is 0.435. The number of anilines is 1. The molecule has 1 heterocycles. The molecule has 1 fully saturated rings. The van der Waals surface area contributed by atoms with Crippen LogP contribution in [0.2, 0.25) is 0 Å². The molecule has 0 bridgehead atoms. The van der Waals surface area contributed by atoms with Crippen LogP contribution in [-0.2, 0) is 14.8 Å². The lowest BCUT2D eigenvalue weighted by Crippen LogP contribution is -2.32. The van der Waals surface area contributed by atoms with Gasteiger partial charge < -0.3 is 10.1 Å². The lowest BCUT2D eigenvalue weighted by molar-refractivity contribution is -0.122. The lowest BCUT2D eigenvalue weighted by Gasteiger charge is -2.20. The van der Waals surface area contributed by atoms with Gasteiger partial charge in [-0.3, -0.25) is 4.79 Å². The first-order chi connectivity index (χ1) is 14.4. The molecule has 0 saturated carbocycles. The molecule has 0 aromatic heterocycles. The van der Waals surface area contributed by atoms with Crippen molar-refractivity contribution in [1.29, 1.82) is 0 Å². The molecule has 7 heteroatoms. The van der Waals surface area contributed by atoms with Crippen LogP contribution in [0.3, 0.4) is 0 Å². The van der Waals surface area contributed by atoms with E-state index < -0.39 is 16.1 Å². The molecule has 0 aliphatic carbocycles. The molecular formula is C23H30N2O4S. The van der Waals surface area contributed by atoms with Gasteiger partial charge >= 0.3 is 0 Å². The molecule has 1 atom stereocenters. The molecule has 2 aromatic carbocycles. The standard InChI is InChI=1S/C23H30N2O4S/c1-3-22(29-20-12-8-18(2)9-13-20)23(26)24-19-10-14-21(15-11-19)30(27,28)25-16-6-4-5-7-17-25/h8-15,22H,3-7,16-17H2,1-2H3,(H,24,26). The molecule has 0 radical (unpaired) electrons. The Labute approximate surface area is 179 Å². The highest BCUT2D eigenvalue weighted by Crippen LogP contribution is 2.22. The molecule has 0 spiro atoms. The van der Waals surface area contributed by atoms with Gasteiger partial charge in [-0.25, -0.2) is 8.42 Å². The predicted molar refractivity (Wildman–Crippen MR) is 118 cm³/mol. The number of nitrogens with zero attached hydrogens (tertiary/aromatic N) is 1. The summed E-state index contributed by atoms with van der Waals surface area (Å²) >= 11 is 0. The van der Waals surface area contributed by atoms with Crippen LogP contribution in [0.25, 0.3) is 0 Å². The monoisotopic (exact) mass is 430 g/mol. The van der Waals surface area contributed by atoms with E-state index in [1.54, 1.807) is 28.6 Å². The third kappa shape index (κ3) is 5.61. The Bertz CT molecular complexity index is 932. The van der Waals surface area contributed by atoms with Gasteiger partial charge in [0, 0.05) is 18.8 Å². The Hall–Kier alpha value is -2.38. The van der Waals surface area contributed by atoms with Gasteiger partial charge in [-0.15, -0.1) is 0 Å². The highest BCUT2D eigenvalue weighted by molar-refractivity contribution is 7.89. The molecule has 162 valence electrons. The molecule has 3 rings (SSSR count). The first kappa shape index (κ1) is 22.3. The van der Waals surface area contributed by atoms with E-state index >= 15 is 0 Å². The van der Waals surface area contributed by atoms with Crippen molar-refractivity contribution < 1.29 is 17.9 Å². The van der Waals surface area contributed by atoms with Gasteiger partial charge in [0.05, 0.1) is 4.90 Å². The van der Waals surface area contributed by atoms with Crippen molar-refractivity contribution in [3.8, 4) is 5.75 Å². The van der Waals surface area contributed by atoms with Crippen LogP contribution in [0.15, 0.2) is 53.4 Å². The zero-order valence-corrected chi connectivity index (χ0v) is 18.5. The van der Waals surface area contributed by atoms with Crippen molar-refractivity contribution in [3.05, 3.63) is 54.1 Å². The Morgan fingerprint density at radius 2 is 1.60 bits per heavy atom. The lowest BCUT2D eigenvalue weighted by atomic mass is 10.2. The normalized spacial score (nSPS) is 16.5. The van der Waals surface area contributed by atoms with Crippen LogP contribution in [-0.4, -0.2) is 37.8 Å². The minimum atomic E-state index is -3.50. The predicted octanol–water partition coefficient (Wildman–Crippen LogP) is 4.36. The average Bonchev–Trinajstić information content (AvgIpc) is 3.04. The smallest absolute Gasteiger partial charge is 0.265 e. The Morgan fingerprint density at radius 3 is 2.17 bits per heavy atom. The molecule has 1 aliphatic heterocycles. The van der Waals surface area contributed by atoms with Crippen LogP contribution < -0.4 is 10.1 Å². The van der Waals surface area contributed by atoms with Crippen molar-refractivity contribution in [3.63, 3.8) is 0 Å². The van der Waals surface area contributed by atoms with Gasteiger partial charge in [-0.05, 0) is 62.6 Å². The van der Waals surface area contributed by atoms with Gasteiger partial charge in [0.1, 0.15) is 5.75 Å². The first-order valence-electron chi connectivity index (χ1n) is 10.5. The van der Waals surface area contributed by atoms with E-state index in [-0.39, 0.29) is 10.8 Å². The van der Waals surface area contributed by atoms with Crippen molar-refractivity contribution in [2.75, 3.05) is 18.4 Å². The van der Waals surface area contributed by atoms with Crippen molar-refractivity contribution >= 4 is 21.6 Å². The van der Waals surface area contributed by atoms with Crippen LogP contribution in [0.1, 0.15) is 44.6 Å². The van der Waals surface area contributed by atoms with Crippen LogP contribution in [0, 0.1) is 6.92 Å². The molecule has 1 amide bonds. The molecule has 6 nitrogen and oxygen atoms in total. The second kappa shape index (κ2) is 10.1. The van der Waals surface area contributed by atoms with Crippen molar-refractivity contribution in [2.45, 2.75) is 57.0 Å². The SMILES string of the molecule is CCC(Oc1ccc(C)cc1)C(=O)Nc1ccc(S(=O)(=O)N2CCCCCC2)cc1. The fourth-order valence-electron chi connectivity index (χ4n) is 3.47. The summed E-state index contributed by atoms with van der Waals surface area (Å²) in [5.74, 6) is 0.377. The molecule has 1 aliphatic rings. The number of ether oxygens (including phenoxy) is 1. The van der Waals surface area contributed by atoms with E-state index in [4.69, 9.17) is 4.74 Å². The van der Waals surface area contributed by atoms with Crippen LogP contribution >= 0.6 is 0 Å². The number of rotatable bonds is 7.